The number of hydrogen-bond donors (Lipinski definition) is 2. The second-order valence-corrected chi connectivity index (χ2v) is 6.59. The fourth-order valence-corrected chi connectivity index (χ4v) is 3.05. The highest BCUT2D eigenvalue weighted by molar-refractivity contribution is 9.10. The lowest BCUT2D eigenvalue weighted by Gasteiger charge is -2.10. The van der Waals surface area contributed by atoms with E-state index in [1.807, 2.05) is 43.3 Å². The van der Waals surface area contributed by atoms with Gasteiger partial charge in [-0.05, 0) is 42.8 Å². The van der Waals surface area contributed by atoms with Crippen molar-refractivity contribution in [3.63, 3.8) is 0 Å². The van der Waals surface area contributed by atoms with Gasteiger partial charge in [-0.3, -0.25) is 0 Å². The van der Waals surface area contributed by atoms with E-state index in [0.29, 0.717) is 6.54 Å². The quantitative estimate of drug-likeness (QED) is 0.597. The molecule has 3 nitrogen and oxygen atoms in total. The zero-order valence-corrected chi connectivity index (χ0v) is 14.1. The Morgan fingerprint density at radius 2 is 1.95 bits per heavy atom. The Hall–Kier alpha value is -1.46. The summed E-state index contributed by atoms with van der Waals surface area (Å²) in [7, 11) is 0. The van der Waals surface area contributed by atoms with Crippen LogP contribution in [0.15, 0.2) is 57.9 Å². The van der Waals surface area contributed by atoms with Gasteiger partial charge in [-0.25, -0.2) is 4.79 Å². The minimum absolute atomic E-state index is 0.172. The standard InChI is InChI=1S/C16H17BrN2OS/c1-12-11-13(17)7-8-15(12)19-16(20)18-9-10-21-14-5-3-2-4-6-14/h2-8,11H,9-10H2,1H3,(H2,18,19,20). The molecule has 2 aromatic rings. The first-order valence-electron chi connectivity index (χ1n) is 6.64. The van der Waals surface area contributed by atoms with Crippen molar-refractivity contribution < 1.29 is 4.79 Å². The van der Waals surface area contributed by atoms with Crippen LogP contribution in [0.25, 0.3) is 0 Å². The molecule has 2 aromatic carbocycles. The van der Waals surface area contributed by atoms with Gasteiger partial charge in [0.05, 0.1) is 0 Å². The van der Waals surface area contributed by atoms with E-state index in [9.17, 15) is 4.79 Å². The van der Waals surface area contributed by atoms with E-state index in [1.165, 1.54) is 4.90 Å². The van der Waals surface area contributed by atoms with Crippen molar-refractivity contribution >= 4 is 39.4 Å². The van der Waals surface area contributed by atoms with Gasteiger partial charge in [0, 0.05) is 27.4 Å². The van der Waals surface area contributed by atoms with Crippen molar-refractivity contribution in [3.8, 4) is 0 Å². The van der Waals surface area contributed by atoms with Crippen molar-refractivity contribution in [2.75, 3.05) is 17.6 Å². The number of thioether (sulfide) groups is 1. The molecule has 21 heavy (non-hydrogen) atoms. The van der Waals surface area contributed by atoms with Crippen LogP contribution in [0.1, 0.15) is 5.56 Å². The summed E-state index contributed by atoms with van der Waals surface area (Å²) in [5.74, 6) is 0.844. The van der Waals surface area contributed by atoms with Crippen LogP contribution in [0.5, 0.6) is 0 Å². The number of amides is 2. The number of anilines is 1. The molecule has 0 unspecified atom stereocenters. The minimum Gasteiger partial charge on any atom is -0.337 e. The average molecular weight is 365 g/mol. The van der Waals surface area contributed by atoms with Gasteiger partial charge in [0.1, 0.15) is 0 Å². The van der Waals surface area contributed by atoms with Gasteiger partial charge in [-0.15, -0.1) is 11.8 Å². The van der Waals surface area contributed by atoms with Crippen LogP contribution in [0, 0.1) is 6.92 Å². The molecule has 0 saturated carbocycles. The summed E-state index contributed by atoms with van der Waals surface area (Å²) < 4.78 is 1.00. The highest BCUT2D eigenvalue weighted by Crippen LogP contribution is 2.20. The number of carbonyl (C=O) groups is 1. The predicted octanol–water partition coefficient (Wildman–Crippen LogP) is 4.67. The molecule has 2 rings (SSSR count). The normalized spacial score (nSPS) is 10.2. The third kappa shape index (κ3) is 5.44. The first-order valence-corrected chi connectivity index (χ1v) is 8.42. The first kappa shape index (κ1) is 15.9. The van der Waals surface area contributed by atoms with E-state index in [2.05, 4.69) is 38.7 Å². The van der Waals surface area contributed by atoms with Crippen molar-refractivity contribution in [3.05, 3.63) is 58.6 Å². The topological polar surface area (TPSA) is 41.1 Å². The second kappa shape index (κ2) is 8.10. The molecule has 110 valence electrons. The fraction of sp³-hybridized carbons (Fsp3) is 0.188. The highest BCUT2D eigenvalue weighted by atomic mass is 79.9. The number of benzene rings is 2. The zero-order chi connectivity index (χ0) is 15.1. The van der Waals surface area contributed by atoms with Gasteiger partial charge < -0.3 is 10.6 Å². The Morgan fingerprint density at radius 3 is 2.67 bits per heavy atom. The van der Waals surface area contributed by atoms with Gasteiger partial charge >= 0.3 is 6.03 Å². The van der Waals surface area contributed by atoms with Gasteiger partial charge in [-0.1, -0.05) is 34.1 Å². The Labute approximate surface area is 137 Å². The third-order valence-corrected chi connectivity index (χ3v) is 4.34. The molecule has 5 heteroatoms. The number of nitrogens with one attached hydrogen (secondary N) is 2. The summed E-state index contributed by atoms with van der Waals surface area (Å²) >= 11 is 5.13. The molecule has 0 radical (unpaired) electrons. The van der Waals surface area contributed by atoms with E-state index in [-0.39, 0.29) is 6.03 Å². The van der Waals surface area contributed by atoms with Crippen LogP contribution in [-0.4, -0.2) is 18.3 Å². The molecule has 0 saturated heterocycles. The maximum absolute atomic E-state index is 11.8. The molecule has 2 N–H and O–H groups in total. The first-order chi connectivity index (χ1) is 10.1. The van der Waals surface area contributed by atoms with E-state index in [4.69, 9.17) is 0 Å². The average Bonchev–Trinajstić information content (AvgIpc) is 2.48. The molecule has 0 aromatic heterocycles. The van der Waals surface area contributed by atoms with Crippen molar-refractivity contribution in [2.24, 2.45) is 0 Å². The van der Waals surface area contributed by atoms with E-state index in [1.54, 1.807) is 11.8 Å². The lowest BCUT2D eigenvalue weighted by Crippen LogP contribution is -2.30. The summed E-state index contributed by atoms with van der Waals surface area (Å²) in [6, 6.07) is 15.8. The van der Waals surface area contributed by atoms with E-state index < -0.39 is 0 Å². The van der Waals surface area contributed by atoms with Crippen LogP contribution in [0.4, 0.5) is 10.5 Å². The van der Waals surface area contributed by atoms with Gasteiger partial charge in [0.25, 0.3) is 0 Å². The van der Waals surface area contributed by atoms with Crippen LogP contribution >= 0.6 is 27.7 Å². The molecule has 2 amide bonds. The maximum atomic E-state index is 11.8. The van der Waals surface area contributed by atoms with Crippen molar-refractivity contribution in [2.45, 2.75) is 11.8 Å². The van der Waals surface area contributed by atoms with E-state index >= 15 is 0 Å². The Bertz CT molecular complexity index is 604. The molecular weight excluding hydrogens is 348 g/mol. The summed E-state index contributed by atoms with van der Waals surface area (Å²) in [4.78, 5) is 13.0. The third-order valence-electron chi connectivity index (χ3n) is 2.84. The lowest BCUT2D eigenvalue weighted by atomic mass is 10.2. The number of rotatable bonds is 5. The van der Waals surface area contributed by atoms with Crippen molar-refractivity contribution in [1.29, 1.82) is 0 Å². The Balaban J connectivity index is 1.72. The van der Waals surface area contributed by atoms with Crippen molar-refractivity contribution in [1.82, 2.24) is 5.32 Å². The highest BCUT2D eigenvalue weighted by Gasteiger charge is 2.04. The summed E-state index contributed by atoms with van der Waals surface area (Å²) in [6.45, 7) is 2.59. The van der Waals surface area contributed by atoms with Gasteiger partial charge in [-0.2, -0.15) is 0 Å². The Morgan fingerprint density at radius 1 is 1.19 bits per heavy atom. The lowest BCUT2D eigenvalue weighted by molar-refractivity contribution is 0.252. The summed E-state index contributed by atoms with van der Waals surface area (Å²) in [5, 5.41) is 5.72. The molecule has 0 bridgehead atoms. The monoisotopic (exact) mass is 364 g/mol. The van der Waals surface area contributed by atoms with Gasteiger partial charge in [0.2, 0.25) is 0 Å². The number of aryl methyl sites for hydroxylation is 1. The number of hydrogen-bond acceptors (Lipinski definition) is 2. The maximum Gasteiger partial charge on any atom is 0.319 e. The minimum atomic E-state index is -0.172. The zero-order valence-electron chi connectivity index (χ0n) is 11.7. The smallest absolute Gasteiger partial charge is 0.319 e. The summed E-state index contributed by atoms with van der Waals surface area (Å²) in [6.07, 6.45) is 0. The molecular formula is C16H17BrN2OS. The summed E-state index contributed by atoms with van der Waals surface area (Å²) in [5.41, 5.74) is 1.85. The van der Waals surface area contributed by atoms with Gasteiger partial charge in [0.15, 0.2) is 0 Å². The Kier molecular flexibility index (Phi) is 6.14. The molecule has 0 aliphatic rings. The largest absolute Gasteiger partial charge is 0.337 e. The van der Waals surface area contributed by atoms with Crippen LogP contribution in [0.2, 0.25) is 0 Å². The van der Waals surface area contributed by atoms with Crippen LogP contribution < -0.4 is 10.6 Å². The predicted molar refractivity (Wildman–Crippen MR) is 93.1 cm³/mol. The molecule has 0 atom stereocenters. The number of urea groups is 1. The fourth-order valence-electron chi connectivity index (χ4n) is 1.78. The SMILES string of the molecule is Cc1cc(Br)ccc1NC(=O)NCCSc1ccccc1. The molecule has 0 heterocycles. The number of halogens is 1. The molecule has 0 fully saturated rings. The second-order valence-electron chi connectivity index (χ2n) is 4.50. The van der Waals surface area contributed by atoms with Crippen LogP contribution in [-0.2, 0) is 0 Å². The molecule has 0 aliphatic carbocycles. The molecule has 0 aliphatic heterocycles. The van der Waals surface area contributed by atoms with E-state index in [0.717, 1.165) is 21.5 Å². The van der Waals surface area contributed by atoms with Crippen LogP contribution in [0.3, 0.4) is 0 Å². The number of carbonyl (C=O) groups excluding carboxylic acids is 1. The molecule has 0 spiro atoms.